The maximum atomic E-state index is 14.9. The molecule has 0 aliphatic carbocycles. The molecule has 31 nitrogen and oxygen atoms in total. The average Bonchev–Trinajstić information content (AvgIpc) is 0.826. The number of nitrogens with two attached hydrogens (primary N) is 1. The third-order valence-electron chi connectivity index (χ3n) is 19.7. The summed E-state index contributed by atoms with van der Waals surface area (Å²) in [6.07, 6.45) is 2.80. The van der Waals surface area contributed by atoms with Gasteiger partial charge in [0, 0.05) is 45.0 Å². The molecule has 0 aliphatic heterocycles. The van der Waals surface area contributed by atoms with Gasteiger partial charge in [-0.2, -0.15) is 0 Å². The van der Waals surface area contributed by atoms with E-state index in [1.807, 2.05) is 12.1 Å². The summed E-state index contributed by atoms with van der Waals surface area (Å²) in [5.41, 5.74) is 7.00. The number of ketones is 4. The maximum Gasteiger partial charge on any atom is 0.408 e. The molecule has 8 aromatic rings. The van der Waals surface area contributed by atoms with Crippen LogP contribution in [0.15, 0.2) is 194 Å². The predicted molar refractivity (Wildman–Crippen MR) is 472 cm³/mol. The molecule has 14 N–H and O–H groups in total. The van der Waals surface area contributed by atoms with Crippen LogP contribution >= 0.6 is 0 Å². The first-order chi connectivity index (χ1) is 59.7. The molecule has 0 saturated heterocycles. The molecule has 0 radical (unpaired) electrons. The summed E-state index contributed by atoms with van der Waals surface area (Å²) in [4.78, 5) is 180. The molecule has 0 bridgehead atoms. The Balaban J connectivity index is 1.00. The number of hydrogen-bond donors (Lipinski definition) is 13. The molecule has 0 spiro atoms. The van der Waals surface area contributed by atoms with E-state index in [1.165, 1.54) is 101 Å². The number of hydrogen-bond acceptors (Lipinski definition) is 22. The van der Waals surface area contributed by atoms with Crippen LogP contribution < -0.4 is 88.5 Å². The summed E-state index contributed by atoms with van der Waals surface area (Å²) < 4.78 is 27.8. The highest BCUT2D eigenvalue weighted by Crippen LogP contribution is 2.29. The Morgan fingerprint density at radius 1 is 0.306 bits per heavy atom. The molecule has 0 aliphatic rings. The van der Waals surface area contributed by atoms with E-state index >= 15 is 0 Å². The van der Waals surface area contributed by atoms with Gasteiger partial charge in [0.1, 0.15) is 52.8 Å². The second kappa shape index (κ2) is 50.0. The fourth-order valence-corrected chi connectivity index (χ4v) is 13.1. The Hall–Kier alpha value is -13.5. The number of amides is 9. The van der Waals surface area contributed by atoms with Gasteiger partial charge in [-0.05, 0) is 197 Å². The van der Waals surface area contributed by atoms with Gasteiger partial charge >= 0.3 is 6.09 Å². The zero-order valence-corrected chi connectivity index (χ0v) is 70.9. The van der Waals surface area contributed by atoms with Crippen molar-refractivity contribution in [1.29, 1.82) is 0 Å². The Bertz CT molecular complexity index is 4960. The minimum absolute atomic E-state index is 0.00950. The Morgan fingerprint density at radius 2 is 0.540 bits per heavy atom. The molecule has 9 amide bonds. The zero-order chi connectivity index (χ0) is 89.3. The van der Waals surface area contributed by atoms with Crippen LogP contribution in [0.5, 0.6) is 23.0 Å². The number of carbonyl (C=O) groups is 13. The molecular weight excluding hydrogens is 1590 g/mol. The highest BCUT2D eigenvalue weighted by atomic mass is 16.6. The molecule has 0 fully saturated rings. The number of rotatable bonds is 52. The lowest BCUT2D eigenvalue weighted by Gasteiger charge is -2.23. The summed E-state index contributed by atoms with van der Waals surface area (Å²) in [5, 5.41) is 34.9. The fraction of sp³-hybridized carbons (Fsp3) is 0.344. The number of alkyl carbamates (subject to hydrolysis) is 1. The minimum atomic E-state index is -1.32. The smallest absolute Gasteiger partial charge is 0.408 e. The molecule has 8 aromatic carbocycles. The third kappa shape index (κ3) is 31.5. The predicted octanol–water partition coefficient (Wildman–Crippen LogP) is 10.4. The molecule has 124 heavy (non-hydrogen) atoms. The lowest BCUT2D eigenvalue weighted by atomic mass is 10.0. The van der Waals surface area contributed by atoms with Gasteiger partial charge in [0.25, 0.3) is 23.6 Å². The molecular formula is C93H111N13O18. The Kier molecular flexibility index (Phi) is 38.7. The standard InChI is InChI=1S/C93H111N13O18/c1-93(2,3)124-92(119)106-75(39-23-27-51-98-59-79(110)63-34-18-11-19-35-63)91(118)102-67-43-47-83(123-7)71(55-67)87(114)105-74(38-22-26-50-97-58-78(109)62-32-16-10-17-33-62)90(117)101-66-42-46-82(122-6)70(54-66)86(113)104-73(37-21-25-49-96-57-77(108)61-30-14-9-15-31-61)89(116)100-65-41-45-81(121-5)69(53-65)85(112)103-72(36-20-24-48-95-56-76(107)60-28-12-8-13-29-60)88(115)99-64-40-44-80(120-4)68(52-64)84(94)111/h8-19,28-35,40-47,52-55,72-75,95-98H,20-27,36-39,48-51,56-59H2,1-7H3,(H2,94,111)(H,99,115)(H,100,116)(H,101,117)(H,102,118)(H,103,112)(H,104,113)(H,105,114)(H,106,119)/t72-,73-,74-,75-/m0/s1. The molecule has 0 aromatic heterocycles. The van der Waals surface area contributed by atoms with Crippen molar-refractivity contribution in [2.24, 2.45) is 5.73 Å². The van der Waals surface area contributed by atoms with Gasteiger partial charge in [-0.25, -0.2) is 4.79 Å². The number of Topliss-reactive ketones (excluding diaryl/α,β-unsaturated/α-hetero) is 4. The summed E-state index contributed by atoms with van der Waals surface area (Å²) in [5.74, 6) is -6.14. The van der Waals surface area contributed by atoms with Crippen LogP contribution in [0.25, 0.3) is 0 Å². The largest absolute Gasteiger partial charge is 0.496 e. The molecule has 8 rings (SSSR count). The molecule has 0 heterocycles. The van der Waals surface area contributed by atoms with Crippen LogP contribution in [0.1, 0.15) is 181 Å². The Labute approximate surface area is 721 Å². The van der Waals surface area contributed by atoms with E-state index in [9.17, 15) is 62.3 Å². The number of methoxy groups -OCH3 is 4. The van der Waals surface area contributed by atoms with E-state index in [2.05, 4.69) is 63.8 Å². The van der Waals surface area contributed by atoms with Crippen molar-refractivity contribution in [3.05, 3.63) is 239 Å². The number of ether oxygens (including phenoxy) is 5. The molecule has 31 heteroatoms. The highest BCUT2D eigenvalue weighted by molar-refractivity contribution is 6.08. The van der Waals surface area contributed by atoms with E-state index in [4.69, 9.17) is 29.4 Å². The van der Waals surface area contributed by atoms with E-state index in [0.29, 0.717) is 99.8 Å². The van der Waals surface area contributed by atoms with Gasteiger partial charge in [-0.15, -0.1) is 0 Å². The van der Waals surface area contributed by atoms with Gasteiger partial charge < -0.3 is 93.2 Å². The van der Waals surface area contributed by atoms with Gasteiger partial charge in [0.05, 0.1) is 76.9 Å². The highest BCUT2D eigenvalue weighted by Gasteiger charge is 2.31. The van der Waals surface area contributed by atoms with Crippen LogP contribution in [0.4, 0.5) is 27.5 Å². The van der Waals surface area contributed by atoms with Crippen molar-refractivity contribution < 1.29 is 86.0 Å². The summed E-state index contributed by atoms with van der Waals surface area (Å²) in [6, 6.07) is 47.3. The van der Waals surface area contributed by atoms with Crippen molar-refractivity contribution in [1.82, 2.24) is 42.5 Å². The van der Waals surface area contributed by atoms with Crippen LogP contribution in [0.3, 0.4) is 0 Å². The quantitative estimate of drug-likeness (QED) is 0.0124. The maximum absolute atomic E-state index is 14.9. The van der Waals surface area contributed by atoms with Crippen molar-refractivity contribution in [3.8, 4) is 23.0 Å². The van der Waals surface area contributed by atoms with Crippen LogP contribution in [0.2, 0.25) is 0 Å². The van der Waals surface area contributed by atoms with Crippen LogP contribution in [0, 0.1) is 0 Å². The average molecular weight is 1700 g/mol. The summed E-state index contributed by atoms with van der Waals surface area (Å²) in [7, 11) is 5.34. The fourth-order valence-electron chi connectivity index (χ4n) is 13.1. The second-order valence-corrected chi connectivity index (χ2v) is 30.1. The van der Waals surface area contributed by atoms with Gasteiger partial charge in [0.15, 0.2) is 23.1 Å². The van der Waals surface area contributed by atoms with Crippen molar-refractivity contribution in [2.75, 3.05) is 102 Å². The van der Waals surface area contributed by atoms with Crippen molar-refractivity contribution >= 4 is 99.2 Å². The monoisotopic (exact) mass is 1700 g/mol. The van der Waals surface area contributed by atoms with Crippen LogP contribution in [-0.4, -0.2) is 187 Å². The Morgan fingerprint density at radius 3 is 0.774 bits per heavy atom. The number of carbonyl (C=O) groups excluding carboxylic acids is 13. The molecule has 0 saturated carbocycles. The molecule has 4 atom stereocenters. The minimum Gasteiger partial charge on any atom is -0.496 e. The van der Waals surface area contributed by atoms with Gasteiger partial charge in [-0.1, -0.05) is 121 Å². The van der Waals surface area contributed by atoms with E-state index in [1.54, 1.807) is 130 Å². The van der Waals surface area contributed by atoms with Gasteiger partial charge in [-0.3, -0.25) is 57.5 Å². The summed E-state index contributed by atoms with van der Waals surface area (Å²) in [6.45, 7) is 6.82. The third-order valence-corrected chi connectivity index (χ3v) is 19.7. The number of primary amides is 1. The number of unbranched alkanes of at least 4 members (excludes halogenated alkanes) is 4. The number of benzene rings is 8. The molecule has 0 unspecified atom stereocenters. The lowest BCUT2D eigenvalue weighted by molar-refractivity contribution is -0.119. The molecule has 656 valence electrons. The SMILES string of the molecule is COc1ccc(NC(=O)[C@H](CCCCNCC(=O)c2ccccc2)NC(=O)c2cc(NC(=O)[C@H](CCCCNCC(=O)c3ccccc3)NC(=O)c3cc(NC(=O)[C@H](CCCCNCC(=O)c4ccccc4)NC(=O)c4cc(NC(=O)[C@H](CCCCNCC(=O)c5ccccc5)NC(=O)OC(C)(C)C)ccc4OC)ccc3OC)ccc2OC)cc1C(N)=O. The first-order valence-corrected chi connectivity index (χ1v) is 41.1. The van der Waals surface area contributed by atoms with Crippen molar-refractivity contribution in [2.45, 2.75) is 128 Å². The van der Waals surface area contributed by atoms with Crippen LogP contribution in [-0.2, 0) is 23.9 Å². The number of nitrogens with one attached hydrogen (secondary N) is 12. The van der Waals surface area contributed by atoms with E-state index < -0.39 is 83.1 Å². The van der Waals surface area contributed by atoms with E-state index in [0.717, 1.165) is 0 Å². The van der Waals surface area contributed by atoms with Crippen molar-refractivity contribution in [3.63, 3.8) is 0 Å². The van der Waals surface area contributed by atoms with Gasteiger partial charge in [0.2, 0.25) is 23.6 Å². The summed E-state index contributed by atoms with van der Waals surface area (Å²) >= 11 is 0. The lowest BCUT2D eigenvalue weighted by Crippen LogP contribution is -2.46. The zero-order valence-electron chi connectivity index (χ0n) is 70.9. The number of anilines is 4. The first-order valence-electron chi connectivity index (χ1n) is 41.1. The first kappa shape index (κ1) is 96.0. The normalized spacial score (nSPS) is 12.0. The topological polar surface area (TPSA) is 438 Å². The van der Waals surface area contributed by atoms with E-state index in [-0.39, 0.29) is 143 Å². The second-order valence-electron chi connectivity index (χ2n) is 30.1.